The van der Waals surface area contributed by atoms with Crippen LogP contribution < -0.4 is 4.74 Å². The van der Waals surface area contributed by atoms with Gasteiger partial charge in [-0.15, -0.1) is 11.3 Å². The van der Waals surface area contributed by atoms with E-state index in [0.717, 1.165) is 17.0 Å². The number of esters is 1. The van der Waals surface area contributed by atoms with E-state index >= 15 is 0 Å². The number of rotatable bonds is 7. The average molecular weight is 465 g/mol. The average Bonchev–Trinajstić information content (AvgIpc) is 3.28. The summed E-state index contributed by atoms with van der Waals surface area (Å²) in [7, 11) is 3.03. The highest BCUT2D eigenvalue weighted by Gasteiger charge is 2.44. The minimum atomic E-state index is -4.39. The molecule has 3 aromatic rings. The van der Waals surface area contributed by atoms with Gasteiger partial charge in [0.2, 0.25) is 0 Å². The summed E-state index contributed by atoms with van der Waals surface area (Å²) in [5.41, 5.74) is -1.55. The fourth-order valence-electron chi connectivity index (χ4n) is 3.14. The molecule has 170 valence electrons. The maximum atomic E-state index is 12.8. The van der Waals surface area contributed by atoms with Crippen molar-refractivity contribution < 1.29 is 27.4 Å². The Kier molecular flexibility index (Phi) is 6.90. The summed E-state index contributed by atoms with van der Waals surface area (Å²) >= 11 is 1.34. The third-order valence-electron chi connectivity index (χ3n) is 5.27. The van der Waals surface area contributed by atoms with E-state index in [4.69, 9.17) is 9.47 Å². The van der Waals surface area contributed by atoms with Gasteiger partial charge >= 0.3 is 12.1 Å². The molecule has 9 heteroatoms. The van der Waals surface area contributed by atoms with Gasteiger partial charge in [0.15, 0.2) is 0 Å². The molecule has 0 aliphatic heterocycles. The normalized spacial score (nSPS) is 14.6. The minimum absolute atomic E-state index is 0.302. The number of alkyl halides is 3. The Morgan fingerprint density at radius 2 is 1.72 bits per heavy atom. The number of nitrogens with zero attached hydrogens (tertiary/aromatic N) is 2. The molecule has 0 saturated carbocycles. The Morgan fingerprint density at radius 1 is 1.09 bits per heavy atom. The van der Waals surface area contributed by atoms with Crippen LogP contribution in [-0.2, 0) is 15.7 Å². The molecule has 0 radical (unpaired) electrons. The SMILES string of the molecule is COC(=O)C(C)(Oc1ccccc1)N(C)C(C)c1cnc(-c2ccc(C(F)(F)F)cc2)s1. The van der Waals surface area contributed by atoms with Gasteiger partial charge in [0.1, 0.15) is 10.8 Å². The molecule has 0 N–H and O–H groups in total. The summed E-state index contributed by atoms with van der Waals surface area (Å²) < 4.78 is 49.5. The van der Waals surface area contributed by atoms with Gasteiger partial charge in [0.05, 0.1) is 12.7 Å². The molecular formula is C23H23F3N2O3S. The van der Waals surface area contributed by atoms with Crippen molar-refractivity contribution >= 4 is 17.3 Å². The number of carbonyl (C=O) groups excluding carboxylic acids is 1. The van der Waals surface area contributed by atoms with Crippen LogP contribution in [0.1, 0.15) is 30.3 Å². The van der Waals surface area contributed by atoms with Gasteiger partial charge in [-0.1, -0.05) is 30.3 Å². The first-order chi connectivity index (χ1) is 15.1. The zero-order valence-electron chi connectivity index (χ0n) is 18.0. The molecular weight excluding hydrogens is 441 g/mol. The van der Waals surface area contributed by atoms with Crippen LogP contribution in [0.4, 0.5) is 13.2 Å². The number of carbonyl (C=O) groups is 1. The molecule has 5 nitrogen and oxygen atoms in total. The molecule has 0 aliphatic rings. The van der Waals surface area contributed by atoms with Crippen molar-refractivity contribution in [3.8, 4) is 16.3 Å². The van der Waals surface area contributed by atoms with E-state index < -0.39 is 23.4 Å². The van der Waals surface area contributed by atoms with Gasteiger partial charge in [-0.05, 0) is 38.2 Å². The first kappa shape index (κ1) is 23.7. The third-order valence-corrected chi connectivity index (χ3v) is 6.49. The number of hydrogen-bond acceptors (Lipinski definition) is 6. The summed E-state index contributed by atoms with van der Waals surface area (Å²) in [4.78, 5) is 19.6. The molecule has 32 heavy (non-hydrogen) atoms. The summed E-state index contributed by atoms with van der Waals surface area (Å²) in [6.45, 7) is 3.51. The molecule has 0 amide bonds. The van der Waals surface area contributed by atoms with E-state index in [1.165, 1.54) is 30.6 Å². The quantitative estimate of drug-likeness (QED) is 0.327. The molecule has 2 aromatic carbocycles. The summed E-state index contributed by atoms with van der Waals surface area (Å²) in [5.74, 6) is -0.0580. The van der Waals surface area contributed by atoms with Crippen molar-refractivity contribution in [1.82, 2.24) is 9.88 Å². The molecule has 0 fully saturated rings. The maximum Gasteiger partial charge on any atom is 0.416 e. The van der Waals surface area contributed by atoms with Crippen molar-refractivity contribution in [1.29, 1.82) is 0 Å². The number of para-hydroxylation sites is 1. The number of halogens is 3. The van der Waals surface area contributed by atoms with Gasteiger partial charge in [-0.25, -0.2) is 9.78 Å². The van der Waals surface area contributed by atoms with Crippen molar-refractivity contribution in [2.45, 2.75) is 31.8 Å². The molecule has 2 unspecified atom stereocenters. The Morgan fingerprint density at radius 3 is 2.28 bits per heavy atom. The van der Waals surface area contributed by atoms with Crippen LogP contribution in [0.15, 0.2) is 60.8 Å². The Bertz CT molecular complexity index is 1050. The second kappa shape index (κ2) is 9.30. The van der Waals surface area contributed by atoms with Crippen molar-refractivity contribution in [3.63, 3.8) is 0 Å². The Hall–Kier alpha value is -2.91. The van der Waals surface area contributed by atoms with Crippen LogP contribution in [0.2, 0.25) is 0 Å². The fourth-order valence-corrected chi connectivity index (χ4v) is 4.16. The van der Waals surface area contributed by atoms with Gasteiger partial charge < -0.3 is 9.47 Å². The monoisotopic (exact) mass is 464 g/mol. The fraction of sp³-hybridized carbons (Fsp3) is 0.304. The lowest BCUT2D eigenvalue weighted by Crippen LogP contribution is -2.56. The summed E-state index contributed by atoms with van der Waals surface area (Å²) in [6, 6.07) is 13.5. The lowest BCUT2D eigenvalue weighted by atomic mass is 10.1. The number of likely N-dealkylation sites (N-methyl/N-ethyl adjacent to an activating group) is 1. The molecule has 0 saturated heterocycles. The van der Waals surface area contributed by atoms with Crippen LogP contribution in [-0.4, -0.2) is 35.7 Å². The van der Waals surface area contributed by atoms with Crippen LogP contribution >= 0.6 is 11.3 Å². The highest BCUT2D eigenvalue weighted by molar-refractivity contribution is 7.15. The summed E-state index contributed by atoms with van der Waals surface area (Å²) in [6.07, 6.45) is -2.74. The molecule has 2 atom stereocenters. The summed E-state index contributed by atoms with van der Waals surface area (Å²) in [5, 5.41) is 0.581. The second-order valence-electron chi connectivity index (χ2n) is 7.32. The molecule has 3 rings (SSSR count). The predicted octanol–water partition coefficient (Wildman–Crippen LogP) is 5.79. The van der Waals surface area contributed by atoms with E-state index in [2.05, 4.69) is 4.98 Å². The molecule has 0 aliphatic carbocycles. The van der Waals surface area contributed by atoms with Crippen molar-refractivity contribution in [2.75, 3.05) is 14.2 Å². The predicted molar refractivity (Wildman–Crippen MR) is 116 cm³/mol. The van der Waals surface area contributed by atoms with E-state index in [1.54, 1.807) is 49.3 Å². The second-order valence-corrected chi connectivity index (χ2v) is 8.38. The van der Waals surface area contributed by atoms with Crippen LogP contribution in [0, 0.1) is 0 Å². The first-order valence-electron chi connectivity index (χ1n) is 9.75. The maximum absolute atomic E-state index is 12.8. The lowest BCUT2D eigenvalue weighted by molar-refractivity contribution is -0.177. The van der Waals surface area contributed by atoms with Gasteiger partial charge in [-0.3, -0.25) is 4.90 Å². The van der Waals surface area contributed by atoms with Gasteiger partial charge in [0, 0.05) is 29.6 Å². The highest BCUT2D eigenvalue weighted by Crippen LogP contribution is 2.36. The number of aromatic nitrogens is 1. The number of methoxy groups -OCH3 is 1. The highest BCUT2D eigenvalue weighted by atomic mass is 32.1. The van der Waals surface area contributed by atoms with Crippen molar-refractivity contribution in [2.24, 2.45) is 0 Å². The third kappa shape index (κ3) is 4.94. The molecule has 1 aromatic heterocycles. The molecule has 1 heterocycles. The van der Waals surface area contributed by atoms with Gasteiger partial charge in [-0.2, -0.15) is 13.2 Å². The first-order valence-corrected chi connectivity index (χ1v) is 10.6. The number of hydrogen-bond donors (Lipinski definition) is 0. The smallest absolute Gasteiger partial charge is 0.416 e. The van der Waals surface area contributed by atoms with E-state index in [1.807, 2.05) is 13.0 Å². The number of thiazole rings is 1. The van der Waals surface area contributed by atoms with E-state index in [0.29, 0.717) is 16.3 Å². The zero-order chi connectivity index (χ0) is 23.5. The topological polar surface area (TPSA) is 51.7 Å². The Balaban J connectivity index is 1.85. The minimum Gasteiger partial charge on any atom is -0.465 e. The zero-order valence-corrected chi connectivity index (χ0v) is 18.8. The largest absolute Gasteiger partial charge is 0.465 e. The number of benzene rings is 2. The lowest BCUT2D eigenvalue weighted by Gasteiger charge is -2.39. The standard InChI is InChI=1S/C23H23F3N2O3S/c1-15(28(3)22(2,21(29)30-4)31-18-8-6-5-7-9-18)19-14-27-20(32-19)16-10-12-17(13-11-16)23(24,25)26/h5-15H,1-4H3. The Labute approximate surface area is 188 Å². The van der Waals surface area contributed by atoms with Crippen LogP contribution in [0.25, 0.3) is 10.6 Å². The molecule has 0 bridgehead atoms. The van der Waals surface area contributed by atoms with Crippen molar-refractivity contribution in [3.05, 3.63) is 71.2 Å². The van der Waals surface area contributed by atoms with Crippen LogP contribution in [0.3, 0.4) is 0 Å². The van der Waals surface area contributed by atoms with E-state index in [-0.39, 0.29) is 6.04 Å². The van der Waals surface area contributed by atoms with Gasteiger partial charge in [0.25, 0.3) is 5.72 Å². The van der Waals surface area contributed by atoms with E-state index in [9.17, 15) is 18.0 Å². The molecule has 0 spiro atoms. The van der Waals surface area contributed by atoms with Crippen LogP contribution in [0.5, 0.6) is 5.75 Å². The number of ether oxygens (including phenoxy) is 2.